The normalized spacial score (nSPS) is 46.0. The highest BCUT2D eigenvalue weighted by Crippen LogP contribution is 2.76. The van der Waals surface area contributed by atoms with Gasteiger partial charge in [-0.15, -0.1) is 0 Å². The number of carboxylic acids is 1. The van der Waals surface area contributed by atoms with E-state index >= 15 is 0 Å². The molecule has 0 radical (unpaired) electrons. The molecule has 0 aromatic carbocycles. The first-order valence-electron chi connectivity index (χ1n) is 20.7. The topological polar surface area (TPSA) is 104 Å². The summed E-state index contributed by atoms with van der Waals surface area (Å²) in [6.45, 7) is 19.5. The quantitative estimate of drug-likeness (QED) is 0.215. The largest absolute Gasteiger partial charge is 0.481 e. The summed E-state index contributed by atoms with van der Waals surface area (Å²) in [6, 6.07) is 0. The van der Waals surface area contributed by atoms with Gasteiger partial charge in [0.2, 0.25) is 0 Å². The summed E-state index contributed by atoms with van der Waals surface area (Å²) < 4.78 is 38.2. The number of fused-ring (bicyclic) bond motifs is 7. The molecule has 0 spiro atoms. The molecule has 52 heavy (non-hydrogen) atoms. The van der Waals surface area contributed by atoms with E-state index in [4.69, 9.17) is 0 Å². The van der Waals surface area contributed by atoms with Gasteiger partial charge in [-0.2, -0.15) is 0 Å². The van der Waals surface area contributed by atoms with Crippen molar-refractivity contribution in [2.45, 2.75) is 149 Å². The number of sulfone groups is 1. The number of carboxylic acid groups (broad SMARTS) is 1. The second-order valence-corrected chi connectivity index (χ2v) is 22.9. The number of hydrogen-bond donors (Lipinski definition) is 3. The van der Waals surface area contributed by atoms with Crippen molar-refractivity contribution < 1.29 is 27.8 Å². The Labute approximate surface area is 313 Å². The third-order valence-corrected chi connectivity index (χ3v) is 19.8. The van der Waals surface area contributed by atoms with Crippen molar-refractivity contribution in [3.8, 4) is 0 Å². The molecule has 0 bridgehead atoms. The van der Waals surface area contributed by atoms with Gasteiger partial charge in [0.05, 0.1) is 22.5 Å². The highest BCUT2D eigenvalue weighted by atomic mass is 32.2. The molecule has 10 unspecified atom stereocenters. The Balaban J connectivity index is 1.14. The lowest BCUT2D eigenvalue weighted by atomic mass is 9.33. The Morgan fingerprint density at radius 3 is 2.23 bits per heavy atom. The maximum atomic E-state index is 14.0. The van der Waals surface area contributed by atoms with E-state index in [0.29, 0.717) is 61.7 Å². The molecule has 10 atom stereocenters. The second kappa shape index (κ2) is 12.8. The zero-order valence-electron chi connectivity index (χ0n) is 33.1. The first-order valence-corrected chi connectivity index (χ1v) is 22.6. The van der Waals surface area contributed by atoms with Gasteiger partial charge in [-0.1, -0.05) is 58.9 Å². The molecule has 1 aliphatic heterocycles. The molecule has 1 saturated heterocycles. The summed E-state index contributed by atoms with van der Waals surface area (Å²) in [5.74, 6) is 1.93. The number of allylic oxidation sites excluding steroid dienone is 5. The standard InChI is InChI=1S/C44H68FNO5S/c1-29(2)31-12-19-44(46-25-22-43(49)23-26-52(50,51)27-24-43)21-20-40(6)33(36(31)44)8-9-35-39(5)15-13-32(38(3,4)34(39)14-16-41(35,40)7)30-10-17-42(28-45,18-11-30)37(47)48/h10,13,31,33-36,46,49H,1,8-9,11-12,14-28H2,2-7H3,(H,47,48). The maximum Gasteiger partial charge on any atom is 0.312 e. The molecule has 1 heterocycles. The van der Waals surface area contributed by atoms with E-state index in [9.17, 15) is 27.8 Å². The summed E-state index contributed by atoms with van der Waals surface area (Å²) in [5.41, 5.74) is 2.39. The minimum Gasteiger partial charge on any atom is -0.481 e. The molecule has 6 nitrogen and oxygen atoms in total. The molecule has 0 aromatic rings. The van der Waals surface area contributed by atoms with Gasteiger partial charge in [0.15, 0.2) is 9.84 Å². The van der Waals surface area contributed by atoms with E-state index in [2.05, 4.69) is 65.6 Å². The Morgan fingerprint density at radius 1 is 0.904 bits per heavy atom. The lowest BCUT2D eigenvalue weighted by molar-refractivity contribution is -0.221. The Hall–Kier alpha value is -1.51. The summed E-state index contributed by atoms with van der Waals surface area (Å²) in [5, 5.41) is 25.3. The third-order valence-electron chi connectivity index (χ3n) is 18.1. The molecule has 5 fully saturated rings. The number of aliphatic carboxylic acids is 1. The number of rotatable bonds is 8. The minimum absolute atomic E-state index is 0.0355. The van der Waals surface area contributed by atoms with Crippen LogP contribution in [0.3, 0.4) is 0 Å². The van der Waals surface area contributed by atoms with Gasteiger partial charge in [0.1, 0.15) is 6.67 Å². The predicted octanol–water partition coefficient (Wildman–Crippen LogP) is 9.00. The number of aliphatic hydroxyl groups is 1. The molecular formula is C44H68FNO5S. The fourth-order valence-corrected chi connectivity index (χ4v) is 16.4. The molecule has 8 heteroatoms. The van der Waals surface area contributed by atoms with Gasteiger partial charge >= 0.3 is 5.97 Å². The van der Waals surface area contributed by atoms with E-state index < -0.39 is 33.5 Å². The highest BCUT2D eigenvalue weighted by molar-refractivity contribution is 7.91. The van der Waals surface area contributed by atoms with Crippen molar-refractivity contribution in [3.05, 3.63) is 35.5 Å². The van der Waals surface area contributed by atoms with Crippen molar-refractivity contribution in [2.75, 3.05) is 24.7 Å². The summed E-state index contributed by atoms with van der Waals surface area (Å²) >= 11 is 0. The van der Waals surface area contributed by atoms with Crippen molar-refractivity contribution in [1.82, 2.24) is 5.32 Å². The molecule has 7 rings (SSSR count). The Kier molecular flexibility index (Phi) is 9.51. The van der Waals surface area contributed by atoms with Crippen LogP contribution in [-0.4, -0.2) is 60.5 Å². The van der Waals surface area contributed by atoms with Crippen LogP contribution in [0.25, 0.3) is 0 Å². The summed E-state index contributed by atoms with van der Waals surface area (Å²) in [6.07, 6.45) is 17.8. The molecule has 0 amide bonds. The maximum absolute atomic E-state index is 14.0. The first-order chi connectivity index (χ1) is 24.2. The Bertz CT molecular complexity index is 1640. The van der Waals surface area contributed by atoms with Gasteiger partial charge in [-0.25, -0.2) is 12.8 Å². The number of carbonyl (C=O) groups is 1. The molecule has 6 aliphatic carbocycles. The van der Waals surface area contributed by atoms with Gasteiger partial charge < -0.3 is 15.5 Å². The van der Waals surface area contributed by atoms with Gasteiger partial charge in [0, 0.05) is 5.54 Å². The number of alkyl halides is 1. The number of nitrogens with one attached hydrogen (secondary N) is 1. The van der Waals surface area contributed by atoms with Gasteiger partial charge in [-0.3, -0.25) is 4.79 Å². The van der Waals surface area contributed by atoms with Crippen LogP contribution in [0.1, 0.15) is 138 Å². The van der Waals surface area contributed by atoms with E-state index in [1.165, 1.54) is 55.2 Å². The lowest BCUT2D eigenvalue weighted by Gasteiger charge is -2.72. The number of halogens is 1. The average Bonchev–Trinajstić information content (AvgIpc) is 3.46. The smallest absolute Gasteiger partial charge is 0.312 e. The van der Waals surface area contributed by atoms with E-state index in [1.807, 2.05) is 0 Å². The monoisotopic (exact) mass is 741 g/mol. The summed E-state index contributed by atoms with van der Waals surface area (Å²) in [4.78, 5) is 12.0. The molecule has 292 valence electrons. The fourth-order valence-electron chi connectivity index (χ4n) is 14.8. The van der Waals surface area contributed by atoms with E-state index in [-0.39, 0.29) is 45.1 Å². The molecule has 3 N–H and O–H groups in total. The lowest BCUT2D eigenvalue weighted by Crippen LogP contribution is -2.68. The van der Waals surface area contributed by atoms with Crippen LogP contribution in [0.5, 0.6) is 0 Å². The van der Waals surface area contributed by atoms with E-state index in [1.54, 1.807) is 0 Å². The molecule has 0 aromatic heterocycles. The zero-order chi connectivity index (χ0) is 37.8. The Morgan fingerprint density at radius 2 is 1.62 bits per heavy atom. The molecular weight excluding hydrogens is 674 g/mol. The van der Waals surface area contributed by atoms with Crippen molar-refractivity contribution >= 4 is 15.8 Å². The molecule has 7 aliphatic rings. The minimum atomic E-state index is -3.03. The van der Waals surface area contributed by atoms with Crippen LogP contribution < -0.4 is 5.32 Å². The zero-order valence-corrected chi connectivity index (χ0v) is 33.9. The van der Waals surface area contributed by atoms with Crippen LogP contribution in [0.4, 0.5) is 4.39 Å². The van der Waals surface area contributed by atoms with Crippen molar-refractivity contribution in [3.63, 3.8) is 0 Å². The van der Waals surface area contributed by atoms with Gasteiger partial charge in [-0.05, 0) is 172 Å². The van der Waals surface area contributed by atoms with Crippen LogP contribution in [0.15, 0.2) is 35.5 Å². The highest BCUT2D eigenvalue weighted by Gasteiger charge is 2.70. The van der Waals surface area contributed by atoms with E-state index in [0.717, 1.165) is 25.8 Å². The van der Waals surface area contributed by atoms with Crippen molar-refractivity contribution in [1.29, 1.82) is 0 Å². The predicted molar refractivity (Wildman–Crippen MR) is 206 cm³/mol. The second-order valence-electron chi connectivity index (χ2n) is 20.6. The fraction of sp³-hybridized carbons (Fsp3) is 0.841. The van der Waals surface area contributed by atoms with Gasteiger partial charge in [0.25, 0.3) is 0 Å². The van der Waals surface area contributed by atoms with Crippen LogP contribution in [0, 0.1) is 56.7 Å². The SMILES string of the molecule is C=C(C)C1CCC2(NCCC3(O)CCS(=O)(=O)CC3)CCC3(C)C(CCC4C5(C)CC=C(C6=CCC(CF)(C(=O)O)CC6)C(C)(C)C5CCC43C)C12. The molecule has 4 saturated carbocycles. The van der Waals surface area contributed by atoms with Crippen LogP contribution >= 0.6 is 0 Å². The van der Waals surface area contributed by atoms with Crippen LogP contribution in [0.2, 0.25) is 0 Å². The summed E-state index contributed by atoms with van der Waals surface area (Å²) in [7, 11) is -3.03. The third kappa shape index (κ3) is 5.70. The van der Waals surface area contributed by atoms with Crippen LogP contribution in [-0.2, 0) is 14.6 Å². The number of hydrogen-bond acceptors (Lipinski definition) is 5. The van der Waals surface area contributed by atoms with Crippen molar-refractivity contribution in [2.24, 2.45) is 56.7 Å². The first kappa shape index (κ1) is 38.8. The average molecular weight is 742 g/mol.